The van der Waals surface area contributed by atoms with Gasteiger partial charge in [0.2, 0.25) is 0 Å². The summed E-state index contributed by atoms with van der Waals surface area (Å²) >= 11 is 0. The van der Waals surface area contributed by atoms with Gasteiger partial charge in [-0.15, -0.1) is 0 Å². The Labute approximate surface area is 90.8 Å². The fourth-order valence-electron chi connectivity index (χ4n) is 1.78. The molecule has 1 aliphatic heterocycles. The summed E-state index contributed by atoms with van der Waals surface area (Å²) in [5.74, 6) is 5.53. The molecule has 15 heavy (non-hydrogen) atoms. The zero-order valence-corrected chi connectivity index (χ0v) is 9.19. The molecule has 5 heteroatoms. The van der Waals surface area contributed by atoms with Gasteiger partial charge < -0.3 is 10.0 Å². The molecular formula is C10H21N3O2. The SMILES string of the molecule is NN1CCCN(CCCCCCO)C1=O. The van der Waals surface area contributed by atoms with E-state index in [0.717, 1.165) is 45.2 Å². The summed E-state index contributed by atoms with van der Waals surface area (Å²) in [6.45, 7) is 2.55. The number of carbonyl (C=O) groups is 1. The van der Waals surface area contributed by atoms with Gasteiger partial charge in [-0.2, -0.15) is 0 Å². The summed E-state index contributed by atoms with van der Waals surface area (Å²) in [4.78, 5) is 13.3. The Kier molecular flexibility index (Phi) is 5.42. The van der Waals surface area contributed by atoms with E-state index < -0.39 is 0 Å². The minimum absolute atomic E-state index is 0.0524. The third kappa shape index (κ3) is 4.05. The molecule has 1 heterocycles. The fourth-order valence-corrected chi connectivity index (χ4v) is 1.78. The monoisotopic (exact) mass is 215 g/mol. The molecule has 5 nitrogen and oxygen atoms in total. The smallest absolute Gasteiger partial charge is 0.334 e. The Hall–Kier alpha value is -0.810. The zero-order chi connectivity index (χ0) is 11.1. The lowest BCUT2D eigenvalue weighted by Gasteiger charge is -2.32. The number of hydrogen-bond acceptors (Lipinski definition) is 3. The Morgan fingerprint density at radius 1 is 1.20 bits per heavy atom. The first kappa shape index (κ1) is 12.3. The lowest BCUT2D eigenvalue weighted by atomic mass is 10.2. The number of amides is 2. The summed E-state index contributed by atoms with van der Waals surface area (Å²) in [5.41, 5.74) is 0. The van der Waals surface area contributed by atoms with E-state index in [1.165, 1.54) is 5.01 Å². The van der Waals surface area contributed by atoms with E-state index in [1.807, 2.05) is 4.90 Å². The first-order valence-corrected chi connectivity index (χ1v) is 5.67. The van der Waals surface area contributed by atoms with Crippen LogP contribution in [-0.4, -0.2) is 47.3 Å². The van der Waals surface area contributed by atoms with E-state index in [-0.39, 0.29) is 12.6 Å². The summed E-state index contributed by atoms with van der Waals surface area (Å²) in [7, 11) is 0. The third-order valence-electron chi connectivity index (χ3n) is 2.68. The number of rotatable bonds is 6. The molecule has 0 aliphatic carbocycles. The van der Waals surface area contributed by atoms with Crippen molar-refractivity contribution in [2.24, 2.45) is 5.84 Å². The maximum absolute atomic E-state index is 11.5. The highest BCUT2D eigenvalue weighted by atomic mass is 16.3. The van der Waals surface area contributed by atoms with Crippen molar-refractivity contribution in [2.45, 2.75) is 32.1 Å². The van der Waals surface area contributed by atoms with Crippen molar-refractivity contribution in [3.63, 3.8) is 0 Å². The van der Waals surface area contributed by atoms with Crippen LogP contribution < -0.4 is 5.84 Å². The minimum Gasteiger partial charge on any atom is -0.396 e. The van der Waals surface area contributed by atoms with Crippen LogP contribution in [0.4, 0.5) is 4.79 Å². The molecule has 1 fully saturated rings. The Morgan fingerprint density at radius 2 is 1.93 bits per heavy atom. The number of nitrogens with two attached hydrogens (primary N) is 1. The van der Waals surface area contributed by atoms with Gasteiger partial charge in [-0.1, -0.05) is 12.8 Å². The number of aliphatic hydroxyl groups excluding tert-OH is 1. The van der Waals surface area contributed by atoms with E-state index >= 15 is 0 Å². The molecule has 0 spiro atoms. The molecule has 0 bridgehead atoms. The molecule has 0 saturated carbocycles. The maximum Gasteiger partial charge on any atom is 0.334 e. The molecule has 0 aromatic rings. The van der Waals surface area contributed by atoms with Crippen LogP contribution in [0.25, 0.3) is 0 Å². The molecule has 0 unspecified atom stereocenters. The number of unbranched alkanes of at least 4 members (excludes halogenated alkanes) is 3. The van der Waals surface area contributed by atoms with E-state index in [9.17, 15) is 4.79 Å². The Morgan fingerprint density at radius 3 is 2.67 bits per heavy atom. The number of hydrazine groups is 1. The quantitative estimate of drug-likeness (QED) is 0.386. The molecular weight excluding hydrogens is 194 g/mol. The topological polar surface area (TPSA) is 69.8 Å². The van der Waals surface area contributed by atoms with Gasteiger partial charge in [0.05, 0.1) is 0 Å². The average Bonchev–Trinajstić information content (AvgIpc) is 2.24. The molecule has 0 aromatic heterocycles. The van der Waals surface area contributed by atoms with Gasteiger partial charge in [-0.05, 0) is 19.3 Å². The van der Waals surface area contributed by atoms with E-state index in [0.29, 0.717) is 6.54 Å². The first-order valence-electron chi connectivity index (χ1n) is 5.67. The predicted octanol–water partition coefficient (Wildman–Crippen LogP) is 0.540. The second-order valence-corrected chi connectivity index (χ2v) is 3.95. The Bertz CT molecular complexity index is 199. The van der Waals surface area contributed by atoms with Crippen molar-refractivity contribution in [3.05, 3.63) is 0 Å². The van der Waals surface area contributed by atoms with Crippen LogP contribution in [-0.2, 0) is 0 Å². The van der Waals surface area contributed by atoms with E-state index in [2.05, 4.69) is 0 Å². The molecule has 1 aliphatic rings. The minimum atomic E-state index is -0.0524. The van der Waals surface area contributed by atoms with Crippen LogP contribution in [0.3, 0.4) is 0 Å². The highest BCUT2D eigenvalue weighted by Gasteiger charge is 2.22. The number of urea groups is 1. The molecule has 0 radical (unpaired) electrons. The van der Waals surface area contributed by atoms with Crippen molar-refractivity contribution in [1.82, 2.24) is 9.91 Å². The summed E-state index contributed by atoms with van der Waals surface area (Å²) in [5, 5.41) is 9.89. The maximum atomic E-state index is 11.5. The second-order valence-electron chi connectivity index (χ2n) is 3.95. The van der Waals surface area contributed by atoms with Gasteiger partial charge in [-0.3, -0.25) is 5.01 Å². The van der Waals surface area contributed by atoms with E-state index in [1.54, 1.807) is 0 Å². The molecule has 88 valence electrons. The number of hydrogen-bond donors (Lipinski definition) is 2. The van der Waals surface area contributed by atoms with Crippen LogP contribution in [0, 0.1) is 0 Å². The lowest BCUT2D eigenvalue weighted by molar-refractivity contribution is 0.129. The first-order chi connectivity index (χ1) is 7.25. The van der Waals surface area contributed by atoms with Crippen LogP contribution in [0.5, 0.6) is 0 Å². The van der Waals surface area contributed by atoms with Gasteiger partial charge >= 0.3 is 6.03 Å². The van der Waals surface area contributed by atoms with Gasteiger partial charge in [0.1, 0.15) is 0 Å². The average molecular weight is 215 g/mol. The Balaban J connectivity index is 2.12. The zero-order valence-electron chi connectivity index (χ0n) is 9.19. The van der Waals surface area contributed by atoms with Gasteiger partial charge in [0, 0.05) is 26.2 Å². The molecule has 1 rings (SSSR count). The van der Waals surface area contributed by atoms with Crippen molar-refractivity contribution in [1.29, 1.82) is 0 Å². The van der Waals surface area contributed by atoms with Gasteiger partial charge in [0.25, 0.3) is 0 Å². The van der Waals surface area contributed by atoms with Crippen molar-refractivity contribution >= 4 is 6.03 Å². The highest BCUT2D eigenvalue weighted by Crippen LogP contribution is 2.08. The van der Waals surface area contributed by atoms with Crippen molar-refractivity contribution in [2.75, 3.05) is 26.2 Å². The summed E-state index contributed by atoms with van der Waals surface area (Å²) < 4.78 is 0. The van der Waals surface area contributed by atoms with Crippen LogP contribution in [0.2, 0.25) is 0 Å². The van der Waals surface area contributed by atoms with E-state index in [4.69, 9.17) is 10.9 Å². The molecule has 0 atom stereocenters. The van der Waals surface area contributed by atoms with Crippen LogP contribution >= 0.6 is 0 Å². The van der Waals surface area contributed by atoms with Crippen LogP contribution in [0.1, 0.15) is 32.1 Å². The van der Waals surface area contributed by atoms with Crippen LogP contribution in [0.15, 0.2) is 0 Å². The van der Waals surface area contributed by atoms with Gasteiger partial charge in [-0.25, -0.2) is 10.6 Å². The summed E-state index contributed by atoms with van der Waals surface area (Å²) in [6.07, 6.45) is 4.91. The van der Waals surface area contributed by atoms with Crippen molar-refractivity contribution < 1.29 is 9.90 Å². The highest BCUT2D eigenvalue weighted by molar-refractivity contribution is 5.74. The number of nitrogens with zero attached hydrogens (tertiary/aromatic N) is 2. The lowest BCUT2D eigenvalue weighted by Crippen LogP contribution is -2.52. The van der Waals surface area contributed by atoms with Crippen molar-refractivity contribution in [3.8, 4) is 0 Å². The normalized spacial score (nSPS) is 17.3. The predicted molar refractivity (Wildman–Crippen MR) is 58.0 cm³/mol. The fraction of sp³-hybridized carbons (Fsp3) is 0.900. The molecule has 1 saturated heterocycles. The summed E-state index contributed by atoms with van der Waals surface area (Å²) in [6, 6.07) is -0.0524. The number of aliphatic hydroxyl groups is 1. The molecule has 2 amide bonds. The second kappa shape index (κ2) is 6.63. The largest absolute Gasteiger partial charge is 0.396 e. The van der Waals surface area contributed by atoms with Gasteiger partial charge in [0.15, 0.2) is 0 Å². The number of carbonyl (C=O) groups excluding carboxylic acids is 1. The standard InChI is InChI=1S/C10H21N3O2/c11-13-8-5-7-12(10(13)15)6-3-1-2-4-9-14/h14H,1-9,11H2. The molecule has 0 aromatic carbocycles. The molecule has 3 N–H and O–H groups in total. The third-order valence-corrected chi connectivity index (χ3v) is 2.68.